The van der Waals surface area contributed by atoms with Gasteiger partial charge >= 0.3 is 6.03 Å². The van der Waals surface area contributed by atoms with E-state index in [1.807, 2.05) is 23.1 Å². The van der Waals surface area contributed by atoms with E-state index < -0.39 is 16.2 Å². The lowest BCUT2D eigenvalue weighted by atomic mass is 10.1. The SMILES string of the molecule is C[C@H]1CN(C(=O)n2ccc(NS(C)(=O)=O)n2)CCN1Cc1ccc(Cl)c(N2CC[C@H](F)C2)c1. The van der Waals surface area contributed by atoms with Gasteiger partial charge in [-0.15, -0.1) is 5.10 Å². The summed E-state index contributed by atoms with van der Waals surface area (Å²) < 4.78 is 39.8. The molecule has 1 N–H and O–H groups in total. The fraction of sp³-hybridized carbons (Fsp3) is 0.524. The Kier molecular flexibility index (Phi) is 6.83. The van der Waals surface area contributed by atoms with Crippen molar-refractivity contribution >= 4 is 39.2 Å². The van der Waals surface area contributed by atoms with E-state index in [0.29, 0.717) is 50.7 Å². The van der Waals surface area contributed by atoms with Crippen molar-refractivity contribution in [1.82, 2.24) is 19.6 Å². The highest BCUT2D eigenvalue weighted by molar-refractivity contribution is 7.92. The van der Waals surface area contributed by atoms with E-state index in [-0.39, 0.29) is 17.9 Å². The van der Waals surface area contributed by atoms with Gasteiger partial charge in [0.1, 0.15) is 6.17 Å². The first-order valence-corrected chi connectivity index (χ1v) is 13.1. The molecule has 33 heavy (non-hydrogen) atoms. The van der Waals surface area contributed by atoms with Gasteiger partial charge in [-0.3, -0.25) is 9.62 Å². The number of hydrogen-bond donors (Lipinski definition) is 1. The Bertz CT molecular complexity index is 1130. The summed E-state index contributed by atoms with van der Waals surface area (Å²) in [5.41, 5.74) is 1.96. The summed E-state index contributed by atoms with van der Waals surface area (Å²) in [6.45, 7) is 5.51. The minimum absolute atomic E-state index is 0.105. The number of hydrogen-bond acceptors (Lipinski definition) is 6. The van der Waals surface area contributed by atoms with Crippen molar-refractivity contribution in [2.45, 2.75) is 32.1 Å². The van der Waals surface area contributed by atoms with Crippen molar-refractivity contribution in [3.63, 3.8) is 0 Å². The van der Waals surface area contributed by atoms with Crippen LogP contribution >= 0.6 is 11.6 Å². The van der Waals surface area contributed by atoms with E-state index in [1.165, 1.54) is 12.3 Å². The number of benzene rings is 1. The third-order valence-corrected chi connectivity index (χ3v) is 6.88. The van der Waals surface area contributed by atoms with Gasteiger partial charge in [0, 0.05) is 57.6 Å². The van der Waals surface area contributed by atoms with E-state index in [9.17, 15) is 17.6 Å². The molecule has 0 unspecified atom stereocenters. The first kappa shape index (κ1) is 23.8. The highest BCUT2D eigenvalue weighted by Gasteiger charge is 2.29. The summed E-state index contributed by atoms with van der Waals surface area (Å²) in [6.07, 6.45) is 2.18. The molecule has 180 valence electrons. The minimum Gasteiger partial charge on any atom is -0.367 e. The Morgan fingerprint density at radius 3 is 2.70 bits per heavy atom. The number of amides is 1. The van der Waals surface area contributed by atoms with Crippen molar-refractivity contribution in [2.24, 2.45) is 0 Å². The number of carbonyl (C=O) groups excluding carboxylic acids is 1. The summed E-state index contributed by atoms with van der Waals surface area (Å²) in [7, 11) is -3.46. The molecule has 0 aliphatic carbocycles. The molecule has 0 radical (unpaired) electrons. The fourth-order valence-electron chi connectivity index (χ4n) is 4.29. The van der Waals surface area contributed by atoms with Crippen LogP contribution in [0.2, 0.25) is 5.02 Å². The topological polar surface area (TPSA) is 90.8 Å². The number of anilines is 2. The first-order valence-electron chi connectivity index (χ1n) is 10.8. The van der Waals surface area contributed by atoms with Crippen LogP contribution in [-0.4, -0.2) is 85.2 Å². The van der Waals surface area contributed by atoms with Gasteiger partial charge in [-0.1, -0.05) is 17.7 Å². The smallest absolute Gasteiger partial charge is 0.344 e. The molecule has 1 amide bonds. The lowest BCUT2D eigenvalue weighted by molar-refractivity contribution is 0.0921. The van der Waals surface area contributed by atoms with Crippen LogP contribution in [0.4, 0.5) is 20.7 Å². The number of aromatic nitrogens is 2. The van der Waals surface area contributed by atoms with Gasteiger partial charge in [-0.05, 0) is 31.0 Å². The van der Waals surface area contributed by atoms with Crippen molar-refractivity contribution in [2.75, 3.05) is 48.6 Å². The number of nitrogens with one attached hydrogen (secondary N) is 1. The Morgan fingerprint density at radius 1 is 1.24 bits per heavy atom. The summed E-state index contributed by atoms with van der Waals surface area (Å²) in [5, 5.41) is 4.65. The Morgan fingerprint density at radius 2 is 2.03 bits per heavy atom. The van der Waals surface area contributed by atoms with Crippen LogP contribution in [0, 0.1) is 0 Å². The molecule has 0 bridgehead atoms. The second-order valence-electron chi connectivity index (χ2n) is 8.69. The average Bonchev–Trinajstić information content (AvgIpc) is 3.38. The molecule has 1 aromatic carbocycles. The summed E-state index contributed by atoms with van der Waals surface area (Å²) in [4.78, 5) is 18.8. The quantitative estimate of drug-likeness (QED) is 0.681. The first-order chi connectivity index (χ1) is 15.6. The largest absolute Gasteiger partial charge is 0.367 e. The van der Waals surface area contributed by atoms with Gasteiger partial charge in [0.05, 0.1) is 17.0 Å². The van der Waals surface area contributed by atoms with Crippen LogP contribution in [0.5, 0.6) is 0 Å². The van der Waals surface area contributed by atoms with Gasteiger partial charge in [0.2, 0.25) is 10.0 Å². The summed E-state index contributed by atoms with van der Waals surface area (Å²) in [5.74, 6) is 0.105. The molecule has 2 fully saturated rings. The van der Waals surface area contributed by atoms with E-state index >= 15 is 0 Å². The predicted octanol–water partition coefficient (Wildman–Crippen LogP) is 2.63. The zero-order valence-corrected chi connectivity index (χ0v) is 20.2. The van der Waals surface area contributed by atoms with Crippen molar-refractivity contribution in [3.8, 4) is 0 Å². The molecule has 2 aliphatic heterocycles. The minimum atomic E-state index is -3.46. The number of alkyl halides is 1. The summed E-state index contributed by atoms with van der Waals surface area (Å²) in [6, 6.07) is 7.13. The second-order valence-corrected chi connectivity index (χ2v) is 10.8. The van der Waals surface area contributed by atoms with E-state index in [2.05, 4.69) is 21.6 Å². The van der Waals surface area contributed by atoms with Gasteiger partial charge in [-0.25, -0.2) is 17.6 Å². The molecule has 0 spiro atoms. The molecule has 2 saturated heterocycles. The second kappa shape index (κ2) is 9.47. The van der Waals surface area contributed by atoms with Crippen molar-refractivity contribution in [1.29, 1.82) is 0 Å². The maximum absolute atomic E-state index is 13.7. The number of nitrogens with zero attached hydrogens (tertiary/aromatic N) is 5. The molecule has 3 heterocycles. The molecule has 2 aromatic rings. The zero-order valence-electron chi connectivity index (χ0n) is 18.6. The number of carbonyl (C=O) groups is 1. The molecule has 1 aromatic heterocycles. The molecule has 12 heteroatoms. The zero-order chi connectivity index (χ0) is 23.8. The van der Waals surface area contributed by atoms with Gasteiger partial charge in [0.15, 0.2) is 5.82 Å². The standard InChI is InChI=1S/C21H28ClFN6O3S/c1-15-12-28(21(30)29-8-6-20(24-29)25-33(2,31)32)10-9-26(15)13-16-3-4-18(22)19(11-16)27-7-5-17(23)14-27/h3-4,6,8,11,15,17H,5,7,9-10,12-14H2,1-2H3,(H,24,25)/t15-,17-/m0/s1. The van der Waals surface area contributed by atoms with Crippen LogP contribution < -0.4 is 9.62 Å². The van der Waals surface area contributed by atoms with Crippen molar-refractivity contribution < 1.29 is 17.6 Å². The number of halogens is 2. The van der Waals surface area contributed by atoms with E-state index in [4.69, 9.17) is 11.6 Å². The number of sulfonamides is 1. The van der Waals surface area contributed by atoms with Crippen LogP contribution in [0.1, 0.15) is 18.9 Å². The van der Waals surface area contributed by atoms with Crippen LogP contribution in [0.25, 0.3) is 0 Å². The summed E-state index contributed by atoms with van der Waals surface area (Å²) >= 11 is 6.38. The van der Waals surface area contributed by atoms with Crippen molar-refractivity contribution in [3.05, 3.63) is 41.0 Å². The fourth-order valence-corrected chi connectivity index (χ4v) is 5.02. The molecule has 2 atom stereocenters. The molecule has 2 aliphatic rings. The predicted molar refractivity (Wildman–Crippen MR) is 126 cm³/mol. The number of rotatable bonds is 5. The normalized spacial score (nSPS) is 22.1. The monoisotopic (exact) mass is 498 g/mol. The maximum Gasteiger partial charge on any atom is 0.344 e. The van der Waals surface area contributed by atoms with Gasteiger partial charge < -0.3 is 9.80 Å². The maximum atomic E-state index is 13.7. The highest BCUT2D eigenvalue weighted by atomic mass is 35.5. The van der Waals surface area contributed by atoms with Crippen LogP contribution in [0.15, 0.2) is 30.5 Å². The number of piperazine rings is 1. The average molecular weight is 499 g/mol. The van der Waals surface area contributed by atoms with E-state index in [1.54, 1.807) is 4.90 Å². The Hall–Kier alpha value is -2.37. The lowest BCUT2D eigenvalue weighted by Gasteiger charge is -2.39. The lowest BCUT2D eigenvalue weighted by Crippen LogP contribution is -2.54. The Labute approximate surface area is 198 Å². The third-order valence-electron chi connectivity index (χ3n) is 5.98. The molecule has 4 rings (SSSR count). The molecular weight excluding hydrogens is 471 g/mol. The van der Waals surface area contributed by atoms with Crippen LogP contribution in [0.3, 0.4) is 0 Å². The highest BCUT2D eigenvalue weighted by Crippen LogP contribution is 2.31. The molecular formula is C21H28ClFN6O3S. The third kappa shape index (κ3) is 5.77. The van der Waals surface area contributed by atoms with E-state index in [0.717, 1.165) is 22.2 Å². The molecule has 0 saturated carbocycles. The molecule has 9 nitrogen and oxygen atoms in total. The van der Waals surface area contributed by atoms with Crippen LogP contribution in [-0.2, 0) is 16.6 Å². The Balaban J connectivity index is 1.37. The van der Waals surface area contributed by atoms with Gasteiger partial charge in [0.25, 0.3) is 0 Å². The van der Waals surface area contributed by atoms with Gasteiger partial charge in [-0.2, -0.15) is 4.68 Å².